The molecule has 1 unspecified atom stereocenters. The van der Waals surface area contributed by atoms with Crippen molar-refractivity contribution in [1.29, 1.82) is 15.8 Å². The predicted octanol–water partition coefficient (Wildman–Crippen LogP) is 6.73. The van der Waals surface area contributed by atoms with Crippen molar-refractivity contribution in [2.24, 2.45) is 0 Å². The minimum Gasteiger partial charge on any atom is -0.337 e. The first kappa shape index (κ1) is 30.4. The molecule has 1 aliphatic rings. The molecule has 0 radical (unpaired) electrons. The number of aromatic nitrogens is 2. The highest BCUT2D eigenvalue weighted by atomic mass is 15.1. The third-order valence-corrected chi connectivity index (χ3v) is 9.53. The summed E-state index contributed by atoms with van der Waals surface area (Å²) in [4.78, 5) is 0. The minimum absolute atomic E-state index is 0.102. The van der Waals surface area contributed by atoms with E-state index in [2.05, 4.69) is 117 Å². The van der Waals surface area contributed by atoms with Crippen LogP contribution in [-0.4, -0.2) is 15.2 Å². The van der Waals surface area contributed by atoms with Gasteiger partial charge < -0.3 is 15.6 Å². The van der Waals surface area contributed by atoms with Crippen LogP contribution in [0.1, 0.15) is 22.3 Å². The van der Waals surface area contributed by atoms with Crippen molar-refractivity contribution in [2.45, 2.75) is 12.6 Å². The zero-order valence-corrected chi connectivity index (χ0v) is 27.1. The molecule has 2 aromatic heterocycles. The Bertz CT molecular complexity index is 2640. The Kier molecular flexibility index (Phi) is 7.65. The summed E-state index contributed by atoms with van der Waals surface area (Å²) in [6.07, 6.45) is 10.7. The number of rotatable bonds is 6. The maximum Gasteiger partial charge on any atom is 0.208 e. The van der Waals surface area contributed by atoms with E-state index in [0.717, 1.165) is 55.5 Å². The van der Waals surface area contributed by atoms with Crippen molar-refractivity contribution in [2.75, 3.05) is 0 Å². The summed E-state index contributed by atoms with van der Waals surface area (Å²) < 4.78 is 4.46. The van der Waals surface area contributed by atoms with Gasteiger partial charge in [-0.2, -0.15) is 15.8 Å². The van der Waals surface area contributed by atoms with Crippen LogP contribution in [-0.2, 0) is 6.54 Å². The third kappa shape index (κ3) is 5.15. The Labute approximate surface area is 288 Å². The number of nitrogens with two attached hydrogens (primary N) is 1. The van der Waals surface area contributed by atoms with Gasteiger partial charge in [-0.25, -0.2) is 0 Å². The van der Waals surface area contributed by atoms with Crippen LogP contribution in [0.2, 0.25) is 0 Å². The van der Waals surface area contributed by atoms with Crippen LogP contribution in [0, 0.1) is 34.0 Å². The molecule has 8 rings (SSSR count). The molecular formula is C43H31N7+2. The van der Waals surface area contributed by atoms with Crippen LogP contribution in [0.4, 0.5) is 0 Å². The molecule has 5 N–H and O–H groups in total. The van der Waals surface area contributed by atoms with Crippen molar-refractivity contribution in [1.82, 2.24) is 9.13 Å². The lowest BCUT2D eigenvalue weighted by atomic mass is 9.98. The number of hydrogen-bond acceptors (Lipinski definition) is 3. The van der Waals surface area contributed by atoms with E-state index in [9.17, 15) is 15.8 Å². The normalized spacial score (nSPS) is 14.9. The molecule has 0 fully saturated rings. The number of allylic oxidation sites excluding steroid dienone is 3. The second-order valence-corrected chi connectivity index (χ2v) is 12.4. The van der Waals surface area contributed by atoms with E-state index in [-0.39, 0.29) is 6.04 Å². The molecule has 0 spiro atoms. The Morgan fingerprint density at radius 2 is 1.30 bits per heavy atom. The number of quaternary nitrogens is 2. The van der Waals surface area contributed by atoms with Gasteiger partial charge in [0.1, 0.15) is 11.7 Å². The van der Waals surface area contributed by atoms with Crippen molar-refractivity contribution in [3.05, 3.63) is 167 Å². The van der Waals surface area contributed by atoms with Gasteiger partial charge in [0.05, 0.1) is 51.5 Å². The van der Waals surface area contributed by atoms with Gasteiger partial charge >= 0.3 is 0 Å². The Balaban J connectivity index is 1.29. The highest BCUT2D eigenvalue weighted by Gasteiger charge is 2.24. The van der Waals surface area contributed by atoms with Gasteiger partial charge in [-0.1, -0.05) is 60.7 Å². The number of fused-ring (bicyclic) bond motifs is 6. The number of nitrogens with zero attached hydrogens (tertiary/aromatic N) is 5. The van der Waals surface area contributed by atoms with E-state index in [1.807, 2.05) is 60.7 Å². The molecule has 50 heavy (non-hydrogen) atoms. The molecule has 3 heterocycles. The summed E-state index contributed by atoms with van der Waals surface area (Å²) in [7, 11) is 0. The van der Waals surface area contributed by atoms with Crippen LogP contribution in [0.3, 0.4) is 0 Å². The van der Waals surface area contributed by atoms with E-state index in [0.29, 0.717) is 23.2 Å². The maximum atomic E-state index is 9.87. The average molecular weight is 646 g/mol. The fourth-order valence-electron chi connectivity index (χ4n) is 7.22. The van der Waals surface area contributed by atoms with Gasteiger partial charge in [-0.3, -0.25) is 4.57 Å². The topological polar surface area (TPSA) is 125 Å². The van der Waals surface area contributed by atoms with Crippen LogP contribution in [0.5, 0.6) is 0 Å². The summed E-state index contributed by atoms with van der Waals surface area (Å²) >= 11 is 0. The molecule has 7 nitrogen and oxygen atoms in total. The fraction of sp³-hybridized carbons (Fsp3) is 0.0465. The SMILES string of the molecule is N#Cc1ccc2c(c1)c1cc(C#N)ccc1n2CC=C(C=C([NH3+])n1c2ccccc2c2ccccc21)C1C=CC=C(c2ccccc2C#N)[NH2+]1. The van der Waals surface area contributed by atoms with Gasteiger partial charge in [0.25, 0.3) is 0 Å². The summed E-state index contributed by atoms with van der Waals surface area (Å²) in [5.41, 5.74) is 13.5. The molecule has 7 aromatic rings. The van der Waals surface area contributed by atoms with Crippen LogP contribution in [0.25, 0.3) is 55.1 Å². The molecule has 1 atom stereocenters. The van der Waals surface area contributed by atoms with Gasteiger partial charge in [0.15, 0.2) is 0 Å². The first-order valence-electron chi connectivity index (χ1n) is 16.4. The highest BCUT2D eigenvalue weighted by Crippen LogP contribution is 2.32. The average Bonchev–Trinajstić information content (AvgIpc) is 3.68. The number of nitriles is 3. The van der Waals surface area contributed by atoms with E-state index >= 15 is 0 Å². The van der Waals surface area contributed by atoms with Crippen LogP contribution in [0.15, 0.2) is 145 Å². The molecule has 0 aliphatic carbocycles. The first-order chi connectivity index (χ1) is 24.6. The highest BCUT2D eigenvalue weighted by molar-refractivity contribution is 6.10. The molecule has 236 valence electrons. The van der Waals surface area contributed by atoms with Gasteiger partial charge in [0.2, 0.25) is 5.82 Å². The second-order valence-electron chi connectivity index (χ2n) is 12.4. The first-order valence-corrected chi connectivity index (χ1v) is 16.4. The van der Waals surface area contributed by atoms with Crippen molar-refractivity contribution in [3.8, 4) is 18.2 Å². The van der Waals surface area contributed by atoms with Crippen molar-refractivity contribution in [3.63, 3.8) is 0 Å². The molecule has 5 aromatic carbocycles. The summed E-state index contributed by atoms with van der Waals surface area (Å²) in [6, 6.07) is 42.7. The number of hydrogen-bond donors (Lipinski definition) is 2. The lowest BCUT2D eigenvalue weighted by Gasteiger charge is -2.19. The summed E-state index contributed by atoms with van der Waals surface area (Å²) in [5, 5.41) is 35.6. The van der Waals surface area contributed by atoms with Gasteiger partial charge in [-0.15, -0.1) is 0 Å². The monoisotopic (exact) mass is 645 g/mol. The zero-order chi connectivity index (χ0) is 34.2. The standard InChI is InChI=1S/C43H29N7/c44-25-28-16-18-39-35(22-28)36-23-29(26-45)17-19-40(36)49(39)21-20-30(37-12-7-13-38(48-37)32-9-2-1-8-31(32)27-46)24-43(47)50-41-14-5-3-10-33(41)34-11-4-6-15-42(34)50/h1-20,22-24,37,48H,21,47H2/p+2. The van der Waals surface area contributed by atoms with E-state index in [4.69, 9.17) is 0 Å². The molecule has 0 saturated heterocycles. The molecule has 0 saturated carbocycles. The predicted molar refractivity (Wildman–Crippen MR) is 198 cm³/mol. The lowest BCUT2D eigenvalue weighted by molar-refractivity contribution is -0.582. The van der Waals surface area contributed by atoms with Gasteiger partial charge in [-0.05, 0) is 72.8 Å². The fourth-order valence-corrected chi connectivity index (χ4v) is 7.22. The Morgan fingerprint density at radius 1 is 0.700 bits per heavy atom. The third-order valence-electron chi connectivity index (χ3n) is 9.53. The second kappa shape index (κ2) is 12.6. The Morgan fingerprint density at radius 3 is 1.92 bits per heavy atom. The minimum atomic E-state index is -0.102. The summed E-state index contributed by atoms with van der Waals surface area (Å²) in [5.74, 6) is 0.837. The maximum absolute atomic E-state index is 9.87. The van der Waals surface area contributed by atoms with E-state index in [1.54, 1.807) is 0 Å². The van der Waals surface area contributed by atoms with Crippen molar-refractivity contribution >= 4 is 55.1 Å². The smallest absolute Gasteiger partial charge is 0.208 e. The molecule has 0 bridgehead atoms. The van der Waals surface area contributed by atoms with E-state index in [1.165, 1.54) is 10.8 Å². The molecule has 1 aliphatic heterocycles. The molecule has 0 amide bonds. The largest absolute Gasteiger partial charge is 0.337 e. The number of benzene rings is 5. The van der Waals surface area contributed by atoms with Gasteiger partial charge in [0, 0.05) is 50.8 Å². The number of para-hydroxylation sites is 2. The summed E-state index contributed by atoms with van der Waals surface area (Å²) in [6.45, 7) is 0.538. The Hall–Kier alpha value is -6.95. The molecular weight excluding hydrogens is 615 g/mol. The van der Waals surface area contributed by atoms with E-state index < -0.39 is 0 Å². The lowest BCUT2D eigenvalue weighted by Crippen LogP contribution is -2.87. The van der Waals surface area contributed by atoms with Crippen LogP contribution >= 0.6 is 0 Å². The zero-order valence-electron chi connectivity index (χ0n) is 27.1. The van der Waals surface area contributed by atoms with Crippen molar-refractivity contribution < 1.29 is 11.1 Å². The van der Waals surface area contributed by atoms with Crippen LogP contribution < -0.4 is 11.1 Å². The molecule has 7 heteroatoms. The quantitative estimate of drug-likeness (QED) is 0.195.